The second-order valence-electron chi connectivity index (χ2n) is 3.65. The first-order valence-corrected chi connectivity index (χ1v) is 4.64. The van der Waals surface area contributed by atoms with Crippen molar-refractivity contribution < 1.29 is 14.7 Å². The fourth-order valence-corrected chi connectivity index (χ4v) is 0.780. The minimum atomic E-state index is -1.20. The molecule has 0 aromatic rings. The smallest absolute Gasteiger partial charge is 0.329 e. The van der Waals surface area contributed by atoms with Crippen molar-refractivity contribution in [1.82, 2.24) is 4.90 Å². The van der Waals surface area contributed by atoms with Crippen LogP contribution in [0.2, 0.25) is 0 Å². The van der Waals surface area contributed by atoms with E-state index in [9.17, 15) is 9.59 Å². The molecular formula is C11H17NO3. The number of carboxylic acid groups (broad SMARTS) is 1. The molecule has 0 radical (unpaired) electrons. The van der Waals surface area contributed by atoms with E-state index in [0.29, 0.717) is 0 Å². The van der Waals surface area contributed by atoms with Crippen molar-refractivity contribution in [2.24, 2.45) is 0 Å². The van der Waals surface area contributed by atoms with Gasteiger partial charge in [0.2, 0.25) is 5.91 Å². The number of carboxylic acids is 1. The Morgan fingerprint density at radius 3 is 2.20 bits per heavy atom. The molecule has 1 N–H and O–H groups in total. The number of likely N-dealkylation sites (N-methyl/N-ethyl adjacent to an activating group) is 1. The van der Waals surface area contributed by atoms with Crippen LogP contribution < -0.4 is 0 Å². The van der Waals surface area contributed by atoms with Crippen LogP contribution in [0.1, 0.15) is 20.8 Å². The monoisotopic (exact) mass is 211 g/mol. The molecule has 0 aromatic carbocycles. The van der Waals surface area contributed by atoms with Gasteiger partial charge in [0.1, 0.15) is 5.54 Å². The van der Waals surface area contributed by atoms with Crippen LogP contribution in [0.3, 0.4) is 0 Å². The number of carbonyl (C=O) groups excluding carboxylic acids is 1. The number of allylic oxidation sites excluding steroid dienone is 3. The highest BCUT2D eigenvalue weighted by Gasteiger charge is 2.34. The molecule has 0 bridgehead atoms. The maximum atomic E-state index is 11.5. The highest BCUT2D eigenvalue weighted by molar-refractivity contribution is 5.92. The topological polar surface area (TPSA) is 57.6 Å². The first kappa shape index (κ1) is 13.4. The van der Waals surface area contributed by atoms with Gasteiger partial charge >= 0.3 is 5.97 Å². The van der Waals surface area contributed by atoms with Crippen LogP contribution in [0.4, 0.5) is 0 Å². The maximum Gasteiger partial charge on any atom is 0.329 e. The third-order valence-electron chi connectivity index (χ3n) is 2.23. The molecule has 0 spiro atoms. The van der Waals surface area contributed by atoms with Crippen LogP contribution in [-0.2, 0) is 9.59 Å². The molecule has 0 aromatic heterocycles. The molecule has 4 nitrogen and oxygen atoms in total. The third kappa shape index (κ3) is 3.58. The molecule has 0 aliphatic carbocycles. The molecule has 0 rings (SSSR count). The fraction of sp³-hybridized carbons (Fsp3) is 0.455. The molecule has 0 saturated heterocycles. The minimum absolute atomic E-state index is 0.333. The lowest BCUT2D eigenvalue weighted by molar-refractivity contribution is -0.153. The van der Waals surface area contributed by atoms with Crippen LogP contribution in [-0.4, -0.2) is 34.5 Å². The second kappa shape index (κ2) is 5.34. The van der Waals surface area contributed by atoms with Crippen molar-refractivity contribution in [3.8, 4) is 0 Å². The molecule has 0 aliphatic rings. The number of rotatable bonds is 4. The highest BCUT2D eigenvalue weighted by atomic mass is 16.4. The van der Waals surface area contributed by atoms with Gasteiger partial charge in [0.15, 0.2) is 0 Å². The molecule has 84 valence electrons. The van der Waals surface area contributed by atoms with Crippen LogP contribution >= 0.6 is 0 Å². The van der Waals surface area contributed by atoms with Gasteiger partial charge in [-0.05, 0) is 20.8 Å². The van der Waals surface area contributed by atoms with Crippen molar-refractivity contribution in [3.63, 3.8) is 0 Å². The SMILES string of the molecule is CC=CC=CC(=O)N(C)C(C)(C)C(=O)O. The maximum absolute atomic E-state index is 11.5. The first-order chi connectivity index (χ1) is 6.84. The van der Waals surface area contributed by atoms with E-state index < -0.39 is 11.5 Å². The van der Waals surface area contributed by atoms with Crippen molar-refractivity contribution in [2.75, 3.05) is 7.05 Å². The van der Waals surface area contributed by atoms with E-state index in [1.807, 2.05) is 6.92 Å². The summed E-state index contributed by atoms with van der Waals surface area (Å²) >= 11 is 0. The molecule has 0 atom stereocenters. The number of carbonyl (C=O) groups is 2. The van der Waals surface area contributed by atoms with E-state index in [4.69, 9.17) is 5.11 Å². The quantitative estimate of drug-likeness (QED) is 0.565. The Bertz CT molecular complexity index is 303. The lowest BCUT2D eigenvalue weighted by Crippen LogP contribution is -2.50. The molecule has 4 heteroatoms. The normalized spacial score (nSPS) is 12.3. The lowest BCUT2D eigenvalue weighted by atomic mass is 10.0. The average Bonchev–Trinajstić information content (AvgIpc) is 2.16. The van der Waals surface area contributed by atoms with Crippen LogP contribution in [0.15, 0.2) is 24.3 Å². The van der Waals surface area contributed by atoms with E-state index in [2.05, 4.69) is 0 Å². The zero-order valence-corrected chi connectivity index (χ0v) is 9.52. The van der Waals surface area contributed by atoms with Gasteiger partial charge < -0.3 is 10.0 Å². The Morgan fingerprint density at radius 2 is 1.80 bits per heavy atom. The summed E-state index contributed by atoms with van der Waals surface area (Å²) in [6.45, 7) is 4.80. The van der Waals surface area contributed by atoms with Crippen molar-refractivity contribution >= 4 is 11.9 Å². The number of hydrogen-bond donors (Lipinski definition) is 1. The Hall–Kier alpha value is -1.58. The van der Waals surface area contributed by atoms with Crippen LogP contribution in [0.5, 0.6) is 0 Å². The Morgan fingerprint density at radius 1 is 1.27 bits per heavy atom. The molecule has 0 unspecified atom stereocenters. The minimum Gasteiger partial charge on any atom is -0.480 e. The van der Waals surface area contributed by atoms with Crippen molar-refractivity contribution in [1.29, 1.82) is 0 Å². The van der Waals surface area contributed by atoms with Gasteiger partial charge in [-0.1, -0.05) is 18.2 Å². The van der Waals surface area contributed by atoms with Gasteiger partial charge in [-0.25, -0.2) is 4.79 Å². The summed E-state index contributed by atoms with van der Waals surface area (Å²) in [6, 6.07) is 0. The van der Waals surface area contributed by atoms with Gasteiger partial charge in [-0.2, -0.15) is 0 Å². The summed E-state index contributed by atoms with van der Waals surface area (Å²) in [4.78, 5) is 23.6. The average molecular weight is 211 g/mol. The fourth-order valence-electron chi connectivity index (χ4n) is 0.780. The summed E-state index contributed by atoms with van der Waals surface area (Å²) in [5.74, 6) is -1.36. The van der Waals surface area contributed by atoms with Crippen LogP contribution in [0.25, 0.3) is 0 Å². The first-order valence-electron chi connectivity index (χ1n) is 4.64. The summed E-state index contributed by atoms with van der Waals surface area (Å²) in [5, 5.41) is 8.90. The van der Waals surface area contributed by atoms with E-state index in [1.54, 1.807) is 18.2 Å². The number of hydrogen-bond acceptors (Lipinski definition) is 2. The summed E-state index contributed by atoms with van der Waals surface area (Å²) in [5.41, 5.74) is -1.20. The number of aliphatic carboxylic acids is 1. The summed E-state index contributed by atoms with van der Waals surface area (Å²) in [7, 11) is 1.47. The molecule has 1 amide bonds. The van der Waals surface area contributed by atoms with Crippen LogP contribution in [0, 0.1) is 0 Å². The molecular weight excluding hydrogens is 194 g/mol. The Labute approximate surface area is 89.9 Å². The van der Waals surface area contributed by atoms with E-state index in [0.717, 1.165) is 0 Å². The van der Waals surface area contributed by atoms with Crippen molar-refractivity contribution in [3.05, 3.63) is 24.3 Å². The van der Waals surface area contributed by atoms with Gasteiger partial charge in [-0.15, -0.1) is 0 Å². The number of amides is 1. The number of nitrogens with zero attached hydrogens (tertiary/aromatic N) is 1. The zero-order chi connectivity index (χ0) is 12.1. The van der Waals surface area contributed by atoms with Gasteiger partial charge in [0.05, 0.1) is 0 Å². The standard InChI is InChI=1S/C11H17NO3/c1-5-6-7-8-9(13)12(4)11(2,3)10(14)15/h5-8H,1-4H3,(H,14,15). The third-order valence-corrected chi connectivity index (χ3v) is 2.23. The largest absolute Gasteiger partial charge is 0.480 e. The molecule has 0 aliphatic heterocycles. The summed E-state index contributed by atoms with van der Waals surface area (Å²) < 4.78 is 0. The lowest BCUT2D eigenvalue weighted by Gasteiger charge is -2.30. The Kier molecular flexibility index (Phi) is 4.78. The predicted molar refractivity (Wildman–Crippen MR) is 58.4 cm³/mol. The van der Waals surface area contributed by atoms with E-state index in [1.165, 1.54) is 31.9 Å². The predicted octanol–water partition coefficient (Wildman–Crippen LogP) is 1.44. The molecule has 0 heterocycles. The highest BCUT2D eigenvalue weighted by Crippen LogP contribution is 2.12. The summed E-state index contributed by atoms with van der Waals surface area (Å²) in [6.07, 6.45) is 6.41. The Balaban J connectivity index is 4.65. The molecule has 0 saturated carbocycles. The zero-order valence-electron chi connectivity index (χ0n) is 9.52. The van der Waals surface area contributed by atoms with Gasteiger partial charge in [0.25, 0.3) is 0 Å². The van der Waals surface area contributed by atoms with Gasteiger partial charge in [-0.3, -0.25) is 4.79 Å². The van der Waals surface area contributed by atoms with Gasteiger partial charge in [0, 0.05) is 13.1 Å². The van der Waals surface area contributed by atoms with E-state index >= 15 is 0 Å². The van der Waals surface area contributed by atoms with E-state index in [-0.39, 0.29) is 5.91 Å². The van der Waals surface area contributed by atoms with Crippen molar-refractivity contribution in [2.45, 2.75) is 26.3 Å². The second-order valence-corrected chi connectivity index (χ2v) is 3.65. The molecule has 15 heavy (non-hydrogen) atoms. The molecule has 0 fully saturated rings.